The first-order valence-electron chi connectivity index (χ1n) is 10.4. The zero-order valence-corrected chi connectivity index (χ0v) is 19.8. The van der Waals surface area contributed by atoms with Crippen molar-refractivity contribution >= 4 is 27.3 Å². The zero-order chi connectivity index (χ0) is 24.3. The largest absolute Gasteiger partial charge is 0.497 e. The molecule has 3 aromatic carbocycles. The van der Waals surface area contributed by atoms with Crippen LogP contribution in [0.25, 0.3) is 16.9 Å². The Labute approximate surface area is 198 Å². The first kappa shape index (κ1) is 23.1. The summed E-state index contributed by atoms with van der Waals surface area (Å²) in [7, 11) is -1.85. The van der Waals surface area contributed by atoms with Gasteiger partial charge in [-0.1, -0.05) is 24.3 Å². The summed E-state index contributed by atoms with van der Waals surface area (Å²) in [5.41, 5.74) is 4.21. The summed E-state index contributed by atoms with van der Waals surface area (Å²) < 4.78 is 32.7. The Hall–Kier alpha value is -4.11. The van der Waals surface area contributed by atoms with E-state index in [1.165, 1.54) is 0 Å². The third kappa shape index (κ3) is 5.26. The van der Waals surface area contributed by atoms with Crippen LogP contribution in [0, 0.1) is 6.92 Å². The summed E-state index contributed by atoms with van der Waals surface area (Å²) in [6, 6.07) is 23.8. The van der Waals surface area contributed by atoms with Crippen molar-refractivity contribution in [3.05, 3.63) is 90.1 Å². The second kappa shape index (κ2) is 9.40. The van der Waals surface area contributed by atoms with Crippen LogP contribution in [0.4, 0.5) is 11.4 Å². The molecular weight excluding hydrogens is 452 g/mol. The van der Waals surface area contributed by atoms with Crippen LogP contribution in [0.15, 0.2) is 78.9 Å². The van der Waals surface area contributed by atoms with Gasteiger partial charge >= 0.3 is 0 Å². The van der Waals surface area contributed by atoms with E-state index >= 15 is 0 Å². The van der Waals surface area contributed by atoms with Crippen molar-refractivity contribution in [2.24, 2.45) is 0 Å². The maximum Gasteiger partial charge on any atom is 0.276 e. The van der Waals surface area contributed by atoms with Gasteiger partial charge in [0.1, 0.15) is 5.75 Å². The van der Waals surface area contributed by atoms with Crippen LogP contribution in [0.2, 0.25) is 0 Å². The van der Waals surface area contributed by atoms with E-state index in [0.717, 1.165) is 34.5 Å². The van der Waals surface area contributed by atoms with Crippen molar-refractivity contribution in [3.63, 3.8) is 0 Å². The third-order valence-corrected chi connectivity index (χ3v) is 5.71. The molecule has 1 amide bonds. The van der Waals surface area contributed by atoms with Crippen LogP contribution in [-0.2, 0) is 10.0 Å². The van der Waals surface area contributed by atoms with E-state index in [1.54, 1.807) is 43.0 Å². The lowest BCUT2D eigenvalue weighted by molar-refractivity contribution is 0.102. The summed E-state index contributed by atoms with van der Waals surface area (Å²) in [5, 5.41) is 7.36. The number of aromatic nitrogens is 2. The minimum absolute atomic E-state index is 0.216. The van der Waals surface area contributed by atoms with E-state index in [9.17, 15) is 13.2 Å². The average molecular weight is 477 g/mol. The molecule has 0 fully saturated rings. The van der Waals surface area contributed by atoms with Gasteiger partial charge in [-0.3, -0.25) is 9.52 Å². The summed E-state index contributed by atoms with van der Waals surface area (Å²) >= 11 is 0. The number of sulfonamides is 1. The molecule has 4 rings (SSSR count). The molecule has 0 saturated carbocycles. The maximum absolute atomic E-state index is 13.1. The Morgan fingerprint density at radius 3 is 2.32 bits per heavy atom. The van der Waals surface area contributed by atoms with Crippen molar-refractivity contribution < 1.29 is 17.9 Å². The SMILES string of the molecule is COc1ccc(-c2cc(C(=O)Nc3ccc(C)c(NS(C)(=O)=O)c3)nn2-c2ccccc2)cc1. The fraction of sp³-hybridized carbons (Fsp3) is 0.120. The molecule has 0 aliphatic heterocycles. The molecule has 0 spiro atoms. The van der Waals surface area contributed by atoms with Crippen molar-refractivity contribution in [1.82, 2.24) is 9.78 Å². The number of amides is 1. The number of hydrogen-bond donors (Lipinski definition) is 2. The summed E-state index contributed by atoms with van der Waals surface area (Å²) in [5.74, 6) is 0.309. The van der Waals surface area contributed by atoms with E-state index in [1.807, 2.05) is 54.6 Å². The summed E-state index contributed by atoms with van der Waals surface area (Å²) in [6.45, 7) is 1.78. The molecule has 0 unspecified atom stereocenters. The summed E-state index contributed by atoms with van der Waals surface area (Å²) in [4.78, 5) is 13.1. The van der Waals surface area contributed by atoms with E-state index in [0.29, 0.717) is 11.4 Å². The highest BCUT2D eigenvalue weighted by Crippen LogP contribution is 2.27. The number of methoxy groups -OCH3 is 1. The van der Waals surface area contributed by atoms with E-state index < -0.39 is 15.9 Å². The molecular formula is C25H24N4O4S. The maximum atomic E-state index is 13.1. The Balaban J connectivity index is 1.69. The van der Waals surface area contributed by atoms with Gasteiger partial charge in [0.25, 0.3) is 5.91 Å². The lowest BCUT2D eigenvalue weighted by Crippen LogP contribution is -2.14. The van der Waals surface area contributed by atoms with Gasteiger partial charge in [-0.15, -0.1) is 0 Å². The van der Waals surface area contributed by atoms with Crippen LogP contribution in [0.1, 0.15) is 16.1 Å². The number of hydrogen-bond acceptors (Lipinski definition) is 5. The molecule has 0 aliphatic rings. The first-order valence-corrected chi connectivity index (χ1v) is 12.3. The first-order chi connectivity index (χ1) is 16.2. The van der Waals surface area contributed by atoms with Gasteiger partial charge in [0, 0.05) is 11.3 Å². The molecule has 0 saturated heterocycles. The highest BCUT2D eigenvalue weighted by molar-refractivity contribution is 7.92. The van der Waals surface area contributed by atoms with E-state index in [4.69, 9.17) is 4.74 Å². The number of anilines is 2. The van der Waals surface area contributed by atoms with Crippen LogP contribution in [0.5, 0.6) is 5.75 Å². The normalized spacial score (nSPS) is 11.1. The number of para-hydroxylation sites is 1. The molecule has 8 nitrogen and oxygen atoms in total. The van der Waals surface area contributed by atoms with Gasteiger partial charge < -0.3 is 10.1 Å². The quantitative estimate of drug-likeness (QED) is 0.409. The molecule has 1 aromatic heterocycles. The predicted molar refractivity (Wildman–Crippen MR) is 133 cm³/mol. The van der Waals surface area contributed by atoms with Crippen molar-refractivity contribution in [2.75, 3.05) is 23.4 Å². The van der Waals surface area contributed by atoms with Gasteiger partial charge in [0.15, 0.2) is 5.69 Å². The standard InChI is InChI=1S/C25H24N4O4S/c1-17-9-12-19(15-22(17)28-34(3,31)32)26-25(30)23-16-24(18-10-13-21(33-2)14-11-18)29(27-23)20-7-5-4-6-8-20/h4-16,28H,1-3H3,(H,26,30). The number of aryl methyl sites for hydroxylation is 1. The number of ether oxygens (including phenoxy) is 1. The monoisotopic (exact) mass is 476 g/mol. The number of rotatable bonds is 7. The second-order valence-electron chi connectivity index (χ2n) is 7.75. The minimum atomic E-state index is -3.45. The van der Waals surface area contributed by atoms with E-state index in [2.05, 4.69) is 15.1 Å². The zero-order valence-electron chi connectivity index (χ0n) is 18.9. The van der Waals surface area contributed by atoms with Crippen LogP contribution >= 0.6 is 0 Å². The van der Waals surface area contributed by atoms with Gasteiger partial charge in [-0.2, -0.15) is 5.10 Å². The van der Waals surface area contributed by atoms with Crippen LogP contribution in [-0.4, -0.2) is 37.5 Å². The van der Waals surface area contributed by atoms with Gasteiger partial charge in [-0.25, -0.2) is 13.1 Å². The molecule has 174 valence electrons. The Morgan fingerprint density at radius 1 is 0.971 bits per heavy atom. The lowest BCUT2D eigenvalue weighted by Gasteiger charge is -2.10. The van der Waals surface area contributed by atoms with Crippen molar-refractivity contribution in [2.45, 2.75) is 6.92 Å². The molecule has 0 aliphatic carbocycles. The molecule has 0 radical (unpaired) electrons. The molecule has 9 heteroatoms. The number of benzene rings is 3. The fourth-order valence-corrected chi connectivity index (χ4v) is 4.05. The Morgan fingerprint density at radius 2 is 1.68 bits per heavy atom. The third-order valence-electron chi connectivity index (χ3n) is 5.12. The molecule has 0 bridgehead atoms. The Bertz CT molecular complexity index is 1430. The van der Waals surface area contributed by atoms with Gasteiger partial charge in [0.05, 0.1) is 30.4 Å². The highest BCUT2D eigenvalue weighted by atomic mass is 32.2. The Kier molecular flexibility index (Phi) is 6.38. The molecule has 34 heavy (non-hydrogen) atoms. The highest BCUT2D eigenvalue weighted by Gasteiger charge is 2.18. The summed E-state index contributed by atoms with van der Waals surface area (Å²) in [6.07, 6.45) is 1.08. The fourth-order valence-electron chi connectivity index (χ4n) is 3.43. The van der Waals surface area contributed by atoms with Gasteiger partial charge in [-0.05, 0) is 67.1 Å². The molecule has 2 N–H and O–H groups in total. The number of nitrogens with zero attached hydrogens (tertiary/aromatic N) is 2. The molecule has 4 aromatic rings. The van der Waals surface area contributed by atoms with Gasteiger partial charge in [0.2, 0.25) is 10.0 Å². The average Bonchev–Trinajstić information content (AvgIpc) is 3.27. The van der Waals surface area contributed by atoms with Crippen molar-refractivity contribution in [3.8, 4) is 22.7 Å². The second-order valence-corrected chi connectivity index (χ2v) is 9.50. The topological polar surface area (TPSA) is 102 Å². The molecule has 1 heterocycles. The smallest absolute Gasteiger partial charge is 0.276 e. The number of carbonyl (C=O) groups excluding carboxylic acids is 1. The molecule has 0 atom stereocenters. The van der Waals surface area contributed by atoms with Crippen LogP contribution < -0.4 is 14.8 Å². The minimum Gasteiger partial charge on any atom is -0.497 e. The number of nitrogens with one attached hydrogen (secondary N) is 2. The number of carbonyl (C=O) groups is 1. The predicted octanol–water partition coefficient (Wildman–Crippen LogP) is 4.48. The van der Waals surface area contributed by atoms with Crippen LogP contribution in [0.3, 0.4) is 0 Å². The van der Waals surface area contributed by atoms with Crippen molar-refractivity contribution in [1.29, 1.82) is 0 Å². The van der Waals surface area contributed by atoms with E-state index in [-0.39, 0.29) is 5.69 Å². The lowest BCUT2D eigenvalue weighted by atomic mass is 10.1.